The lowest BCUT2D eigenvalue weighted by molar-refractivity contribution is 0.353. The van der Waals surface area contributed by atoms with Gasteiger partial charge in [0.15, 0.2) is 0 Å². The molecule has 0 aromatic rings. The molecule has 11 heavy (non-hydrogen) atoms. The number of hydrogen-bond acceptors (Lipinski definition) is 0. The third-order valence-electron chi connectivity index (χ3n) is 2.34. The Morgan fingerprint density at radius 1 is 1.45 bits per heavy atom. The third kappa shape index (κ3) is 5.06. The maximum absolute atomic E-state index is 3.79. The zero-order valence-electron chi connectivity index (χ0n) is 8.27. The minimum Gasteiger partial charge on any atom is -0.103 e. The van der Waals surface area contributed by atoms with Crippen molar-refractivity contribution in [3.63, 3.8) is 0 Å². The lowest BCUT2D eigenvalue weighted by Crippen LogP contribution is -2.07. The van der Waals surface area contributed by atoms with E-state index >= 15 is 0 Å². The van der Waals surface area contributed by atoms with Crippen molar-refractivity contribution in [2.24, 2.45) is 11.8 Å². The Hall–Kier alpha value is -0.260. The van der Waals surface area contributed by atoms with E-state index in [4.69, 9.17) is 0 Å². The first-order valence-corrected chi connectivity index (χ1v) is 4.83. The topological polar surface area (TPSA) is 0 Å². The van der Waals surface area contributed by atoms with Crippen molar-refractivity contribution >= 4 is 0 Å². The third-order valence-corrected chi connectivity index (χ3v) is 2.34. The summed E-state index contributed by atoms with van der Waals surface area (Å²) in [6.45, 7) is 10.7. The van der Waals surface area contributed by atoms with E-state index in [0.29, 0.717) is 0 Å². The van der Waals surface area contributed by atoms with Crippen LogP contribution in [0.2, 0.25) is 0 Å². The Bertz CT molecular complexity index is 97.2. The van der Waals surface area contributed by atoms with Crippen molar-refractivity contribution in [2.45, 2.75) is 46.5 Å². The Labute approximate surface area is 73.2 Å². The highest BCUT2D eigenvalue weighted by molar-refractivity contribution is 4.74. The molecule has 0 aliphatic heterocycles. The maximum atomic E-state index is 3.79. The quantitative estimate of drug-likeness (QED) is 0.504. The van der Waals surface area contributed by atoms with Gasteiger partial charge in [0, 0.05) is 1.43 Å². The van der Waals surface area contributed by atoms with E-state index in [1.54, 1.807) is 0 Å². The average Bonchev–Trinajstić information content (AvgIpc) is 1.97. The minimum atomic E-state index is 0. The second-order valence-electron chi connectivity index (χ2n) is 3.67. The van der Waals surface area contributed by atoms with Crippen molar-refractivity contribution in [1.82, 2.24) is 0 Å². The van der Waals surface area contributed by atoms with Crippen LogP contribution < -0.4 is 0 Å². The van der Waals surface area contributed by atoms with E-state index in [1.807, 2.05) is 0 Å². The van der Waals surface area contributed by atoms with Crippen molar-refractivity contribution < 1.29 is 1.43 Å². The van der Waals surface area contributed by atoms with Crippen LogP contribution in [0.15, 0.2) is 12.7 Å². The molecule has 0 aromatic carbocycles. The number of rotatable bonds is 6. The van der Waals surface area contributed by atoms with Gasteiger partial charge in [-0.2, -0.15) is 0 Å². The molecule has 0 radical (unpaired) electrons. The lowest BCUT2D eigenvalue weighted by atomic mass is 9.88. The highest BCUT2D eigenvalue weighted by Crippen LogP contribution is 2.21. The monoisotopic (exact) mass is 156 g/mol. The van der Waals surface area contributed by atoms with Crippen LogP contribution >= 0.6 is 0 Å². The molecule has 0 amide bonds. The Morgan fingerprint density at radius 3 is 2.45 bits per heavy atom. The summed E-state index contributed by atoms with van der Waals surface area (Å²) in [5.74, 6) is 1.69. The Morgan fingerprint density at radius 2 is 2.09 bits per heavy atom. The molecule has 0 saturated carbocycles. The molecule has 0 spiro atoms. The highest BCUT2D eigenvalue weighted by Gasteiger charge is 2.09. The molecule has 1 atom stereocenters. The molecule has 0 heterocycles. The van der Waals surface area contributed by atoms with Crippen LogP contribution in [0.1, 0.15) is 47.9 Å². The summed E-state index contributed by atoms with van der Waals surface area (Å²) >= 11 is 0. The molecule has 68 valence electrons. The maximum Gasteiger partial charge on any atom is 0 e. The summed E-state index contributed by atoms with van der Waals surface area (Å²) in [5.41, 5.74) is 0. The van der Waals surface area contributed by atoms with Gasteiger partial charge in [0.05, 0.1) is 0 Å². The second-order valence-corrected chi connectivity index (χ2v) is 3.67. The molecular formula is C11H24. The van der Waals surface area contributed by atoms with E-state index in [2.05, 4.69) is 33.4 Å². The summed E-state index contributed by atoms with van der Waals surface area (Å²) in [6.07, 6.45) is 7.31. The lowest BCUT2D eigenvalue weighted by Gasteiger charge is -2.18. The van der Waals surface area contributed by atoms with Gasteiger partial charge in [0.1, 0.15) is 0 Å². The average molecular weight is 156 g/mol. The van der Waals surface area contributed by atoms with Gasteiger partial charge in [-0.1, -0.05) is 39.7 Å². The Kier molecular flexibility index (Phi) is 6.30. The molecular weight excluding hydrogens is 132 g/mol. The van der Waals surface area contributed by atoms with Crippen molar-refractivity contribution in [2.75, 3.05) is 0 Å². The molecule has 0 rings (SSSR count). The van der Waals surface area contributed by atoms with Crippen LogP contribution in [-0.2, 0) is 0 Å². The highest BCUT2D eigenvalue weighted by atomic mass is 14.1. The van der Waals surface area contributed by atoms with Crippen molar-refractivity contribution in [1.29, 1.82) is 0 Å². The van der Waals surface area contributed by atoms with Crippen LogP contribution in [0.3, 0.4) is 0 Å². The first-order chi connectivity index (χ1) is 5.22. The van der Waals surface area contributed by atoms with Gasteiger partial charge in [-0.15, -0.1) is 6.58 Å². The van der Waals surface area contributed by atoms with E-state index in [-0.39, 0.29) is 1.43 Å². The predicted octanol–water partition coefficient (Wildman–Crippen LogP) is 4.27. The first kappa shape index (κ1) is 10.7. The summed E-state index contributed by atoms with van der Waals surface area (Å²) in [6, 6.07) is 0. The summed E-state index contributed by atoms with van der Waals surface area (Å²) in [5, 5.41) is 0. The molecule has 0 nitrogen and oxygen atoms in total. The molecule has 0 fully saturated rings. The zero-order valence-corrected chi connectivity index (χ0v) is 8.27. The molecule has 0 bridgehead atoms. The van der Waals surface area contributed by atoms with Crippen LogP contribution in [-0.4, -0.2) is 0 Å². The Balaban J connectivity index is 0. The normalized spacial score (nSPS) is 13.5. The minimum absolute atomic E-state index is 0. The van der Waals surface area contributed by atoms with E-state index in [1.165, 1.54) is 25.7 Å². The smallest absolute Gasteiger partial charge is 0 e. The van der Waals surface area contributed by atoms with E-state index < -0.39 is 0 Å². The fraction of sp³-hybridized carbons (Fsp3) is 0.818. The molecule has 0 aliphatic rings. The van der Waals surface area contributed by atoms with Crippen LogP contribution in [0.25, 0.3) is 0 Å². The fourth-order valence-corrected chi connectivity index (χ4v) is 1.40. The van der Waals surface area contributed by atoms with Gasteiger partial charge >= 0.3 is 0 Å². The zero-order chi connectivity index (χ0) is 8.69. The van der Waals surface area contributed by atoms with Gasteiger partial charge in [-0.25, -0.2) is 0 Å². The van der Waals surface area contributed by atoms with Crippen molar-refractivity contribution in [3.05, 3.63) is 12.7 Å². The summed E-state index contributed by atoms with van der Waals surface area (Å²) < 4.78 is 0. The first-order valence-electron chi connectivity index (χ1n) is 4.83. The van der Waals surface area contributed by atoms with Gasteiger partial charge in [0.2, 0.25) is 0 Å². The van der Waals surface area contributed by atoms with Crippen LogP contribution in [0, 0.1) is 11.8 Å². The van der Waals surface area contributed by atoms with E-state index in [0.717, 1.165) is 11.8 Å². The van der Waals surface area contributed by atoms with E-state index in [9.17, 15) is 0 Å². The number of unbranched alkanes of at least 4 members (excludes halogenated alkanes) is 1. The van der Waals surface area contributed by atoms with Gasteiger partial charge in [-0.3, -0.25) is 0 Å². The van der Waals surface area contributed by atoms with Crippen molar-refractivity contribution in [3.8, 4) is 0 Å². The molecule has 0 heteroatoms. The SMILES string of the molecule is C=CCC(CCCC)C(C)C.[HH]. The molecule has 0 saturated heterocycles. The molecule has 0 aliphatic carbocycles. The second kappa shape index (κ2) is 6.45. The largest absolute Gasteiger partial charge is 0.103 e. The van der Waals surface area contributed by atoms with Crippen LogP contribution in [0.4, 0.5) is 0 Å². The number of hydrogen-bond donors (Lipinski definition) is 0. The number of allylic oxidation sites excluding steroid dienone is 1. The molecule has 1 unspecified atom stereocenters. The molecule has 0 aromatic heterocycles. The summed E-state index contributed by atoms with van der Waals surface area (Å²) in [7, 11) is 0. The fourth-order valence-electron chi connectivity index (χ4n) is 1.40. The summed E-state index contributed by atoms with van der Waals surface area (Å²) in [4.78, 5) is 0. The predicted molar refractivity (Wildman–Crippen MR) is 54.8 cm³/mol. The van der Waals surface area contributed by atoms with Gasteiger partial charge in [0.25, 0.3) is 0 Å². The van der Waals surface area contributed by atoms with Gasteiger partial charge in [-0.05, 0) is 24.7 Å². The van der Waals surface area contributed by atoms with Crippen LogP contribution in [0.5, 0.6) is 0 Å². The standard InChI is InChI=1S/C11H22.H2/c1-5-7-9-11(8-6-2)10(3)4;/h6,10-11H,2,5,7-9H2,1,3-4H3;1H. The van der Waals surface area contributed by atoms with Gasteiger partial charge < -0.3 is 0 Å². The molecule has 0 N–H and O–H groups in total.